The highest BCUT2D eigenvalue weighted by Crippen LogP contribution is 2.13. The third-order valence-electron chi connectivity index (χ3n) is 2.53. The number of aliphatic hydroxyl groups excluding tert-OH is 1. The van der Waals surface area contributed by atoms with Crippen LogP contribution in [0.4, 0.5) is 0 Å². The van der Waals surface area contributed by atoms with Crippen molar-refractivity contribution in [1.82, 2.24) is 14.7 Å². The van der Waals surface area contributed by atoms with Gasteiger partial charge >= 0.3 is 0 Å². The highest BCUT2D eigenvalue weighted by molar-refractivity contribution is 4.74. The van der Waals surface area contributed by atoms with Crippen LogP contribution < -0.4 is 0 Å². The van der Waals surface area contributed by atoms with Crippen LogP contribution in [-0.2, 0) is 0 Å². The molecule has 13 heavy (non-hydrogen) atoms. The molecule has 1 heterocycles. The molecule has 1 fully saturated rings. The first-order chi connectivity index (χ1) is 6.16. The maximum absolute atomic E-state index is 8.93. The fraction of sp³-hybridized carbons (Fsp3) is 1.00. The molecule has 1 saturated heterocycles. The highest BCUT2D eigenvalue weighted by Gasteiger charge is 2.27. The largest absolute Gasteiger partial charge is 0.395 e. The molecule has 0 spiro atoms. The summed E-state index contributed by atoms with van der Waals surface area (Å²) < 4.78 is 0. The Morgan fingerprint density at radius 2 is 2.08 bits per heavy atom. The first kappa shape index (κ1) is 10.9. The normalized spacial score (nSPS) is 27.0. The van der Waals surface area contributed by atoms with Gasteiger partial charge in [0.2, 0.25) is 0 Å². The molecule has 0 saturated carbocycles. The Bertz CT molecular complexity index is 150. The third-order valence-corrected chi connectivity index (χ3v) is 2.53. The van der Waals surface area contributed by atoms with Crippen molar-refractivity contribution in [2.75, 3.05) is 47.4 Å². The second kappa shape index (κ2) is 4.91. The van der Waals surface area contributed by atoms with E-state index in [0.717, 1.165) is 19.6 Å². The van der Waals surface area contributed by atoms with Gasteiger partial charge in [0.15, 0.2) is 0 Å². The lowest BCUT2D eigenvalue weighted by Gasteiger charge is -2.45. The van der Waals surface area contributed by atoms with E-state index in [9.17, 15) is 0 Å². The molecule has 0 amide bonds. The molecule has 0 bridgehead atoms. The first-order valence-corrected chi connectivity index (χ1v) is 4.88. The molecule has 0 radical (unpaired) electrons. The molecule has 1 unspecified atom stereocenters. The van der Waals surface area contributed by atoms with Gasteiger partial charge in [0.25, 0.3) is 0 Å². The molecule has 0 aromatic rings. The Kier molecular flexibility index (Phi) is 4.12. The molecule has 0 aliphatic carbocycles. The summed E-state index contributed by atoms with van der Waals surface area (Å²) in [7, 11) is 6.29. The van der Waals surface area contributed by atoms with Gasteiger partial charge in [-0.15, -0.1) is 0 Å². The molecule has 1 atom stereocenters. The Balaban J connectivity index is 2.57. The molecule has 1 aliphatic rings. The van der Waals surface area contributed by atoms with Crippen molar-refractivity contribution in [2.24, 2.45) is 0 Å². The standard InChI is InChI=1S/C9H21N3O/c1-10(2)9-11(3)5-4-6-12(9)7-8-13/h9,13H,4-8H2,1-3H3. The van der Waals surface area contributed by atoms with Gasteiger partial charge < -0.3 is 5.11 Å². The third kappa shape index (κ3) is 2.64. The lowest BCUT2D eigenvalue weighted by atomic mass is 10.2. The van der Waals surface area contributed by atoms with Gasteiger partial charge in [-0.05, 0) is 27.6 Å². The second-order valence-electron chi connectivity index (χ2n) is 3.90. The van der Waals surface area contributed by atoms with E-state index < -0.39 is 0 Å². The molecular formula is C9H21N3O. The van der Waals surface area contributed by atoms with E-state index in [4.69, 9.17) is 5.11 Å². The van der Waals surface area contributed by atoms with Crippen molar-refractivity contribution in [3.05, 3.63) is 0 Å². The minimum Gasteiger partial charge on any atom is -0.395 e. The fourth-order valence-corrected chi connectivity index (χ4v) is 2.11. The van der Waals surface area contributed by atoms with E-state index in [1.165, 1.54) is 6.42 Å². The number of nitrogens with zero attached hydrogens (tertiary/aromatic N) is 3. The molecule has 1 aliphatic heterocycles. The van der Waals surface area contributed by atoms with Crippen molar-refractivity contribution >= 4 is 0 Å². The number of rotatable bonds is 3. The summed E-state index contributed by atoms with van der Waals surface area (Å²) in [6.45, 7) is 3.25. The lowest BCUT2D eigenvalue weighted by Crippen LogP contribution is -2.59. The van der Waals surface area contributed by atoms with Crippen LogP contribution in [0, 0.1) is 0 Å². The van der Waals surface area contributed by atoms with Crippen molar-refractivity contribution in [3.63, 3.8) is 0 Å². The maximum Gasteiger partial charge on any atom is 0.118 e. The number of aliphatic hydroxyl groups is 1. The first-order valence-electron chi connectivity index (χ1n) is 4.88. The molecule has 0 aromatic heterocycles. The summed E-state index contributed by atoms with van der Waals surface area (Å²) in [5.74, 6) is 0. The molecule has 0 aromatic carbocycles. The van der Waals surface area contributed by atoms with Crippen molar-refractivity contribution in [2.45, 2.75) is 12.7 Å². The van der Waals surface area contributed by atoms with Gasteiger partial charge in [-0.2, -0.15) is 0 Å². The van der Waals surface area contributed by atoms with Crippen LogP contribution in [0.25, 0.3) is 0 Å². The van der Waals surface area contributed by atoms with Crippen LogP contribution >= 0.6 is 0 Å². The summed E-state index contributed by atoms with van der Waals surface area (Å²) >= 11 is 0. The molecule has 4 heteroatoms. The van der Waals surface area contributed by atoms with E-state index in [2.05, 4.69) is 35.8 Å². The topological polar surface area (TPSA) is 30.0 Å². The highest BCUT2D eigenvalue weighted by atomic mass is 16.3. The van der Waals surface area contributed by atoms with E-state index in [1.54, 1.807) is 0 Å². The predicted molar refractivity (Wildman–Crippen MR) is 53.4 cm³/mol. The molecule has 1 N–H and O–H groups in total. The average molecular weight is 187 g/mol. The van der Waals surface area contributed by atoms with Gasteiger partial charge in [-0.3, -0.25) is 14.7 Å². The SMILES string of the molecule is CN(C)C1N(C)CCCN1CCO. The summed E-state index contributed by atoms with van der Waals surface area (Å²) in [6.07, 6.45) is 1.54. The Labute approximate surface area is 80.7 Å². The van der Waals surface area contributed by atoms with Crippen LogP contribution in [0.3, 0.4) is 0 Å². The minimum atomic E-state index is 0.248. The number of β-amino-alcohol motifs (C(OH)–C–C–N with tert-alkyl or cyclic N) is 1. The average Bonchev–Trinajstić information content (AvgIpc) is 2.04. The van der Waals surface area contributed by atoms with Crippen molar-refractivity contribution < 1.29 is 5.11 Å². The van der Waals surface area contributed by atoms with E-state index in [1.807, 2.05) is 0 Å². The fourth-order valence-electron chi connectivity index (χ4n) is 2.11. The maximum atomic E-state index is 8.93. The van der Waals surface area contributed by atoms with Gasteiger partial charge in [0.05, 0.1) is 6.61 Å². The van der Waals surface area contributed by atoms with Crippen LogP contribution in [0.1, 0.15) is 6.42 Å². The van der Waals surface area contributed by atoms with Crippen molar-refractivity contribution in [1.29, 1.82) is 0 Å². The van der Waals surface area contributed by atoms with Gasteiger partial charge in [-0.25, -0.2) is 0 Å². The molecule has 4 nitrogen and oxygen atoms in total. The minimum absolute atomic E-state index is 0.248. The summed E-state index contributed by atoms with van der Waals surface area (Å²) in [6, 6.07) is 0. The van der Waals surface area contributed by atoms with E-state index in [0.29, 0.717) is 6.29 Å². The van der Waals surface area contributed by atoms with Crippen LogP contribution in [0.15, 0.2) is 0 Å². The Morgan fingerprint density at radius 3 is 2.62 bits per heavy atom. The smallest absolute Gasteiger partial charge is 0.118 e. The predicted octanol–water partition coefficient (Wildman–Crippen LogP) is -0.539. The zero-order valence-corrected chi connectivity index (χ0v) is 8.90. The zero-order valence-electron chi connectivity index (χ0n) is 8.90. The summed E-state index contributed by atoms with van der Waals surface area (Å²) in [5, 5.41) is 8.93. The Hall–Kier alpha value is -0.160. The van der Waals surface area contributed by atoms with Gasteiger partial charge in [0.1, 0.15) is 6.29 Å². The number of hydrogen-bond donors (Lipinski definition) is 1. The monoisotopic (exact) mass is 187 g/mol. The lowest BCUT2D eigenvalue weighted by molar-refractivity contribution is -0.0682. The quantitative estimate of drug-likeness (QED) is 0.643. The van der Waals surface area contributed by atoms with Crippen LogP contribution in [0.5, 0.6) is 0 Å². The molecule has 1 rings (SSSR count). The van der Waals surface area contributed by atoms with Crippen LogP contribution in [0.2, 0.25) is 0 Å². The summed E-state index contributed by atoms with van der Waals surface area (Å²) in [5.41, 5.74) is 0. The summed E-state index contributed by atoms with van der Waals surface area (Å²) in [4.78, 5) is 6.82. The van der Waals surface area contributed by atoms with Gasteiger partial charge in [0, 0.05) is 19.6 Å². The van der Waals surface area contributed by atoms with E-state index >= 15 is 0 Å². The molecule has 78 valence electrons. The second-order valence-corrected chi connectivity index (χ2v) is 3.90. The zero-order chi connectivity index (χ0) is 9.84. The van der Waals surface area contributed by atoms with Gasteiger partial charge in [-0.1, -0.05) is 0 Å². The Morgan fingerprint density at radius 1 is 1.38 bits per heavy atom. The van der Waals surface area contributed by atoms with Crippen LogP contribution in [-0.4, -0.2) is 73.5 Å². The van der Waals surface area contributed by atoms with Crippen molar-refractivity contribution in [3.8, 4) is 0 Å². The number of hydrogen-bond acceptors (Lipinski definition) is 4. The molecular weight excluding hydrogens is 166 g/mol. The van der Waals surface area contributed by atoms with E-state index in [-0.39, 0.29) is 6.61 Å².